The van der Waals surface area contributed by atoms with E-state index in [4.69, 9.17) is 5.11 Å². The lowest BCUT2D eigenvalue weighted by molar-refractivity contribution is 0.0691. The Hall–Kier alpha value is -2.44. The van der Waals surface area contributed by atoms with Crippen molar-refractivity contribution < 1.29 is 18.7 Å². The highest BCUT2D eigenvalue weighted by atomic mass is 19.1. The van der Waals surface area contributed by atoms with E-state index in [0.29, 0.717) is 0 Å². The van der Waals surface area contributed by atoms with Gasteiger partial charge < -0.3 is 10.1 Å². The average Bonchev–Trinajstić information content (AvgIpc) is 2.76. The number of imidazole rings is 2. The molecule has 2 N–H and O–H groups in total. The zero-order valence-electron chi connectivity index (χ0n) is 8.24. The molecule has 0 unspecified atom stereocenters. The van der Waals surface area contributed by atoms with Gasteiger partial charge in [0.05, 0.1) is 5.52 Å². The van der Waals surface area contributed by atoms with Crippen molar-refractivity contribution in [3.63, 3.8) is 0 Å². The third kappa shape index (κ3) is 1.28. The van der Waals surface area contributed by atoms with Gasteiger partial charge in [0.2, 0.25) is 5.78 Å². The second-order valence-electron chi connectivity index (χ2n) is 3.53. The molecule has 3 rings (SSSR count). The van der Waals surface area contributed by atoms with E-state index in [1.807, 2.05) is 0 Å². The van der Waals surface area contributed by atoms with E-state index in [0.717, 1.165) is 12.1 Å². The molecule has 17 heavy (non-hydrogen) atoms. The first-order chi connectivity index (χ1) is 8.06. The number of rotatable bonds is 1. The third-order valence-corrected chi connectivity index (χ3v) is 2.45. The Kier molecular flexibility index (Phi) is 1.74. The highest BCUT2D eigenvalue weighted by molar-refractivity contribution is 5.88. The number of carboxylic acids is 1. The summed E-state index contributed by atoms with van der Waals surface area (Å²) in [5.41, 5.74) is 0.0786. The molecule has 86 valence electrons. The number of hydrogen-bond acceptors (Lipinski definition) is 2. The second-order valence-corrected chi connectivity index (χ2v) is 3.53. The fourth-order valence-corrected chi connectivity index (χ4v) is 1.73. The minimum Gasteiger partial charge on any atom is -0.477 e. The molecular formula is C10H5F2N3O2. The van der Waals surface area contributed by atoms with Crippen LogP contribution in [0.25, 0.3) is 16.8 Å². The molecular weight excluding hydrogens is 232 g/mol. The first-order valence-electron chi connectivity index (χ1n) is 4.65. The van der Waals surface area contributed by atoms with Crippen LogP contribution in [0.5, 0.6) is 0 Å². The van der Waals surface area contributed by atoms with Crippen LogP contribution in [0, 0.1) is 11.6 Å². The van der Waals surface area contributed by atoms with E-state index < -0.39 is 17.6 Å². The maximum Gasteiger partial charge on any atom is 0.353 e. The molecule has 3 aromatic rings. The number of nitrogens with one attached hydrogen (secondary N) is 1. The number of aromatic nitrogens is 3. The van der Waals surface area contributed by atoms with Gasteiger partial charge in [-0.15, -0.1) is 0 Å². The summed E-state index contributed by atoms with van der Waals surface area (Å²) >= 11 is 0. The largest absolute Gasteiger partial charge is 0.477 e. The van der Waals surface area contributed by atoms with Gasteiger partial charge in [0.25, 0.3) is 0 Å². The number of benzene rings is 1. The van der Waals surface area contributed by atoms with E-state index in [-0.39, 0.29) is 22.5 Å². The van der Waals surface area contributed by atoms with Crippen molar-refractivity contribution in [3.05, 3.63) is 35.7 Å². The van der Waals surface area contributed by atoms with E-state index >= 15 is 0 Å². The van der Waals surface area contributed by atoms with Crippen LogP contribution in [0.2, 0.25) is 0 Å². The Morgan fingerprint density at radius 2 is 2.18 bits per heavy atom. The number of aromatic carboxylic acids is 1. The Balaban J connectivity index is 2.44. The molecule has 0 amide bonds. The molecule has 0 atom stereocenters. The van der Waals surface area contributed by atoms with Crippen molar-refractivity contribution in [2.24, 2.45) is 0 Å². The van der Waals surface area contributed by atoms with Crippen LogP contribution in [-0.4, -0.2) is 25.4 Å². The number of halogens is 2. The quantitative estimate of drug-likeness (QED) is 0.677. The van der Waals surface area contributed by atoms with E-state index in [9.17, 15) is 13.6 Å². The summed E-state index contributed by atoms with van der Waals surface area (Å²) in [6.45, 7) is 0. The van der Waals surface area contributed by atoms with Gasteiger partial charge in [-0.25, -0.2) is 18.6 Å². The van der Waals surface area contributed by atoms with Gasteiger partial charge in [0.15, 0.2) is 5.82 Å². The molecule has 0 aliphatic carbocycles. The number of carbonyl (C=O) groups is 1. The lowest BCUT2D eigenvalue weighted by Gasteiger charge is -1.93. The fourth-order valence-electron chi connectivity index (χ4n) is 1.73. The van der Waals surface area contributed by atoms with E-state index in [1.165, 1.54) is 10.6 Å². The smallest absolute Gasteiger partial charge is 0.353 e. The Morgan fingerprint density at radius 3 is 2.88 bits per heavy atom. The third-order valence-electron chi connectivity index (χ3n) is 2.45. The number of nitrogens with zero attached hydrogens (tertiary/aromatic N) is 2. The summed E-state index contributed by atoms with van der Waals surface area (Å²) in [5, 5.41) is 8.76. The molecule has 0 saturated heterocycles. The van der Waals surface area contributed by atoms with Gasteiger partial charge >= 0.3 is 5.97 Å². The molecule has 0 spiro atoms. The monoisotopic (exact) mass is 237 g/mol. The minimum atomic E-state index is -1.17. The highest BCUT2D eigenvalue weighted by Crippen LogP contribution is 2.21. The Bertz CT molecular complexity index is 760. The molecule has 0 radical (unpaired) electrons. The fraction of sp³-hybridized carbons (Fsp3) is 0. The average molecular weight is 237 g/mol. The van der Waals surface area contributed by atoms with Gasteiger partial charge in [0, 0.05) is 18.3 Å². The SMILES string of the molecule is O=C(O)c1cn2c(nc3c(F)cc(F)cc32)[nH]1. The van der Waals surface area contributed by atoms with Crippen LogP contribution in [0.15, 0.2) is 18.3 Å². The van der Waals surface area contributed by atoms with Crippen LogP contribution in [0.4, 0.5) is 8.78 Å². The summed E-state index contributed by atoms with van der Waals surface area (Å²) in [6, 6.07) is 1.82. The van der Waals surface area contributed by atoms with Crippen molar-refractivity contribution in [2.75, 3.05) is 0 Å². The number of carboxylic acid groups (broad SMARTS) is 1. The van der Waals surface area contributed by atoms with Crippen molar-refractivity contribution >= 4 is 22.8 Å². The molecule has 0 fully saturated rings. The first kappa shape index (κ1) is 9.76. The van der Waals surface area contributed by atoms with Gasteiger partial charge in [-0.05, 0) is 0 Å². The first-order valence-corrected chi connectivity index (χ1v) is 4.65. The van der Waals surface area contributed by atoms with E-state index in [1.54, 1.807) is 0 Å². The van der Waals surface area contributed by atoms with Gasteiger partial charge in [-0.1, -0.05) is 0 Å². The number of aromatic amines is 1. The number of H-pyrrole nitrogens is 1. The molecule has 0 aliphatic heterocycles. The van der Waals surface area contributed by atoms with Crippen LogP contribution < -0.4 is 0 Å². The summed E-state index contributed by atoms with van der Waals surface area (Å²) in [6.07, 6.45) is 1.23. The zero-order valence-corrected chi connectivity index (χ0v) is 8.24. The molecule has 0 saturated carbocycles. The Labute approximate surface area is 92.3 Å². The molecule has 7 heteroatoms. The molecule has 5 nitrogen and oxygen atoms in total. The molecule has 1 aromatic carbocycles. The number of hydrogen-bond donors (Lipinski definition) is 2. The summed E-state index contributed by atoms with van der Waals surface area (Å²) in [7, 11) is 0. The van der Waals surface area contributed by atoms with Crippen LogP contribution >= 0.6 is 0 Å². The standard InChI is InChI=1S/C10H5F2N3O2/c11-4-1-5(12)8-7(2-4)15-3-6(9(16)17)13-10(15)14-8/h1-3H,(H,13,14)(H,16,17). The maximum atomic E-state index is 13.4. The molecule has 0 bridgehead atoms. The lowest BCUT2D eigenvalue weighted by atomic mass is 10.3. The maximum absolute atomic E-state index is 13.4. The summed E-state index contributed by atoms with van der Waals surface area (Å²) in [4.78, 5) is 17.1. The normalized spacial score (nSPS) is 11.4. The van der Waals surface area contributed by atoms with E-state index in [2.05, 4.69) is 9.97 Å². The predicted molar refractivity (Wildman–Crippen MR) is 53.9 cm³/mol. The lowest BCUT2D eigenvalue weighted by Crippen LogP contribution is -1.95. The van der Waals surface area contributed by atoms with Crippen LogP contribution in [0.3, 0.4) is 0 Å². The van der Waals surface area contributed by atoms with Crippen LogP contribution in [-0.2, 0) is 0 Å². The zero-order chi connectivity index (χ0) is 12.2. The Morgan fingerprint density at radius 1 is 1.41 bits per heavy atom. The highest BCUT2D eigenvalue weighted by Gasteiger charge is 2.15. The van der Waals surface area contributed by atoms with Crippen molar-refractivity contribution in [1.82, 2.24) is 14.4 Å². The second kappa shape index (κ2) is 3.03. The van der Waals surface area contributed by atoms with Crippen molar-refractivity contribution in [1.29, 1.82) is 0 Å². The molecule has 2 heterocycles. The number of fused-ring (bicyclic) bond motifs is 3. The van der Waals surface area contributed by atoms with Crippen LogP contribution in [0.1, 0.15) is 10.5 Å². The van der Waals surface area contributed by atoms with Gasteiger partial charge in [0.1, 0.15) is 17.0 Å². The summed E-state index contributed by atoms with van der Waals surface area (Å²) in [5.74, 6) is -2.54. The predicted octanol–water partition coefficient (Wildman–Crippen LogP) is 1.79. The minimum absolute atomic E-state index is 0.00501. The van der Waals surface area contributed by atoms with Crippen molar-refractivity contribution in [2.45, 2.75) is 0 Å². The topological polar surface area (TPSA) is 70.4 Å². The van der Waals surface area contributed by atoms with Gasteiger partial charge in [-0.3, -0.25) is 4.40 Å². The summed E-state index contributed by atoms with van der Waals surface area (Å²) < 4.78 is 27.7. The molecule has 0 aliphatic rings. The van der Waals surface area contributed by atoms with Crippen molar-refractivity contribution in [3.8, 4) is 0 Å². The molecule has 2 aromatic heterocycles. The van der Waals surface area contributed by atoms with Gasteiger partial charge in [-0.2, -0.15) is 0 Å².